The fraction of sp³-hybridized carbons (Fsp3) is 0.526. The molecule has 1 saturated heterocycles. The number of H-pyrrole nitrogens is 1. The number of carbonyl (C=O) groups is 1. The van der Waals surface area contributed by atoms with Crippen LogP contribution in [0.5, 0.6) is 11.5 Å². The molecular weight excluding hydrogens is 400 g/mol. The monoisotopic (exact) mass is 426 g/mol. The van der Waals surface area contributed by atoms with E-state index in [9.17, 15) is 9.59 Å². The van der Waals surface area contributed by atoms with E-state index in [-0.39, 0.29) is 30.4 Å². The van der Waals surface area contributed by atoms with Crippen LogP contribution in [-0.4, -0.2) is 60.3 Å². The van der Waals surface area contributed by atoms with Crippen LogP contribution < -0.4 is 20.8 Å². The molecule has 0 aliphatic carbocycles. The fourth-order valence-electron chi connectivity index (χ4n) is 3.36. The van der Waals surface area contributed by atoms with Crippen LogP contribution >= 0.6 is 12.4 Å². The van der Waals surface area contributed by atoms with E-state index in [1.54, 1.807) is 17.0 Å². The molecule has 29 heavy (non-hydrogen) atoms. The summed E-state index contributed by atoms with van der Waals surface area (Å²) in [6.07, 6.45) is 0.946. The lowest BCUT2D eigenvalue weighted by atomic mass is 9.89. The van der Waals surface area contributed by atoms with E-state index >= 15 is 0 Å². The van der Waals surface area contributed by atoms with Crippen molar-refractivity contribution in [2.24, 2.45) is 5.73 Å². The molecule has 1 aliphatic rings. The fourth-order valence-corrected chi connectivity index (χ4v) is 3.36. The van der Waals surface area contributed by atoms with Gasteiger partial charge in [-0.15, -0.1) is 12.4 Å². The Morgan fingerprint density at radius 2 is 1.90 bits per heavy atom. The molecule has 10 heteroatoms. The molecule has 1 amide bonds. The van der Waals surface area contributed by atoms with Crippen molar-refractivity contribution in [1.29, 1.82) is 0 Å². The molecule has 2 heterocycles. The van der Waals surface area contributed by atoms with Crippen molar-refractivity contribution in [3.8, 4) is 11.5 Å². The molecule has 0 bridgehead atoms. The molecule has 1 aromatic heterocycles. The standard InChI is InChI=1S/C19H26N4O5.ClH/c1-4-23(18(25)19(20)5-7-28-8-6-19)11-16-21-13-10-15(27-3)14(26-2)9-12(13)17(24)22-16;/h9-10H,4-8,11,20H2,1-3H3,(H,21,22,24);1H. The van der Waals surface area contributed by atoms with Gasteiger partial charge in [-0.2, -0.15) is 0 Å². The average molecular weight is 427 g/mol. The van der Waals surface area contributed by atoms with Crippen molar-refractivity contribution in [1.82, 2.24) is 14.9 Å². The molecule has 1 fully saturated rings. The topological polar surface area (TPSA) is 120 Å². The molecule has 3 N–H and O–H groups in total. The zero-order valence-corrected chi connectivity index (χ0v) is 17.6. The van der Waals surface area contributed by atoms with Gasteiger partial charge in [-0.3, -0.25) is 9.59 Å². The van der Waals surface area contributed by atoms with Crippen LogP contribution in [-0.2, 0) is 16.1 Å². The summed E-state index contributed by atoms with van der Waals surface area (Å²) >= 11 is 0. The van der Waals surface area contributed by atoms with Crippen LogP contribution in [0.15, 0.2) is 16.9 Å². The van der Waals surface area contributed by atoms with Gasteiger partial charge in [0.25, 0.3) is 5.56 Å². The maximum atomic E-state index is 13.0. The minimum Gasteiger partial charge on any atom is -0.493 e. The second-order valence-corrected chi connectivity index (χ2v) is 6.82. The third-order valence-electron chi connectivity index (χ3n) is 5.08. The summed E-state index contributed by atoms with van der Waals surface area (Å²) < 4.78 is 15.8. The van der Waals surface area contributed by atoms with Crippen LogP contribution in [0.2, 0.25) is 0 Å². The lowest BCUT2D eigenvalue weighted by Crippen LogP contribution is -2.57. The maximum absolute atomic E-state index is 13.0. The summed E-state index contributed by atoms with van der Waals surface area (Å²) in [5.41, 5.74) is 5.55. The van der Waals surface area contributed by atoms with Crippen LogP contribution in [0.3, 0.4) is 0 Å². The molecule has 0 saturated carbocycles. The minimum atomic E-state index is -0.942. The van der Waals surface area contributed by atoms with Crippen molar-refractivity contribution in [3.05, 3.63) is 28.3 Å². The summed E-state index contributed by atoms with van der Waals surface area (Å²) in [5.74, 6) is 1.15. The van der Waals surface area contributed by atoms with Gasteiger partial charge in [0, 0.05) is 25.8 Å². The van der Waals surface area contributed by atoms with Gasteiger partial charge in [0.15, 0.2) is 11.5 Å². The SMILES string of the molecule is CCN(Cc1nc2cc(OC)c(OC)cc2c(=O)[nH]1)C(=O)C1(N)CCOCC1.Cl. The Labute approximate surface area is 174 Å². The molecule has 0 atom stereocenters. The van der Waals surface area contributed by atoms with Gasteiger partial charge in [-0.05, 0) is 25.8 Å². The predicted molar refractivity (Wildman–Crippen MR) is 111 cm³/mol. The van der Waals surface area contributed by atoms with Gasteiger partial charge >= 0.3 is 0 Å². The minimum absolute atomic E-state index is 0. The van der Waals surface area contributed by atoms with E-state index in [0.29, 0.717) is 60.8 Å². The predicted octanol–water partition coefficient (Wildman–Crippen LogP) is 1.22. The Hall–Kier alpha value is -2.36. The second kappa shape index (κ2) is 9.43. The van der Waals surface area contributed by atoms with Crippen LogP contribution in [0.25, 0.3) is 10.9 Å². The number of ether oxygens (including phenoxy) is 3. The molecule has 3 rings (SSSR count). The number of aromatic nitrogens is 2. The van der Waals surface area contributed by atoms with Gasteiger partial charge in [0.1, 0.15) is 5.82 Å². The molecular formula is C19H27ClN4O5. The maximum Gasteiger partial charge on any atom is 0.258 e. The van der Waals surface area contributed by atoms with Gasteiger partial charge in [0.05, 0.1) is 37.2 Å². The van der Waals surface area contributed by atoms with Gasteiger partial charge in [0.2, 0.25) is 5.91 Å². The molecule has 0 radical (unpaired) electrons. The van der Waals surface area contributed by atoms with E-state index in [1.165, 1.54) is 14.2 Å². The first-order chi connectivity index (χ1) is 13.4. The number of nitrogens with zero attached hydrogens (tertiary/aromatic N) is 2. The first-order valence-electron chi connectivity index (χ1n) is 9.22. The number of carbonyl (C=O) groups excluding carboxylic acids is 1. The largest absolute Gasteiger partial charge is 0.493 e. The van der Waals surface area contributed by atoms with Crippen molar-refractivity contribution in [2.75, 3.05) is 34.0 Å². The highest BCUT2D eigenvalue weighted by molar-refractivity contribution is 5.86. The lowest BCUT2D eigenvalue weighted by molar-refractivity contribution is -0.141. The number of amides is 1. The van der Waals surface area contributed by atoms with E-state index < -0.39 is 5.54 Å². The van der Waals surface area contributed by atoms with Crippen LogP contribution in [0.1, 0.15) is 25.6 Å². The molecule has 0 spiro atoms. The molecule has 2 aromatic rings. The summed E-state index contributed by atoms with van der Waals surface area (Å²) in [6, 6.07) is 3.23. The molecule has 1 aliphatic heterocycles. The number of methoxy groups -OCH3 is 2. The zero-order chi connectivity index (χ0) is 20.3. The van der Waals surface area contributed by atoms with Gasteiger partial charge in [-0.1, -0.05) is 0 Å². The Bertz CT molecular complexity index is 927. The molecule has 160 valence electrons. The quantitative estimate of drug-likeness (QED) is 0.712. The van der Waals surface area contributed by atoms with Crippen molar-refractivity contribution in [3.63, 3.8) is 0 Å². The number of hydrogen-bond donors (Lipinski definition) is 2. The zero-order valence-electron chi connectivity index (χ0n) is 16.8. The smallest absolute Gasteiger partial charge is 0.258 e. The number of aromatic amines is 1. The first-order valence-corrected chi connectivity index (χ1v) is 9.22. The van der Waals surface area contributed by atoms with Gasteiger partial charge < -0.3 is 29.8 Å². The third kappa shape index (κ3) is 4.63. The van der Waals surface area contributed by atoms with Crippen molar-refractivity contribution >= 4 is 29.2 Å². The Balaban J connectivity index is 0.00000300. The Kier molecular flexibility index (Phi) is 7.45. The average Bonchev–Trinajstić information content (AvgIpc) is 2.71. The first kappa shape index (κ1) is 22.9. The van der Waals surface area contributed by atoms with Gasteiger partial charge in [-0.25, -0.2) is 4.98 Å². The number of benzene rings is 1. The number of fused-ring (bicyclic) bond motifs is 1. The Morgan fingerprint density at radius 1 is 1.28 bits per heavy atom. The van der Waals surface area contributed by atoms with Crippen LogP contribution in [0.4, 0.5) is 0 Å². The van der Waals surface area contributed by atoms with E-state index in [1.807, 2.05) is 6.92 Å². The Morgan fingerprint density at radius 3 is 2.48 bits per heavy atom. The highest BCUT2D eigenvalue weighted by Crippen LogP contribution is 2.30. The highest BCUT2D eigenvalue weighted by atomic mass is 35.5. The summed E-state index contributed by atoms with van der Waals surface area (Å²) in [5, 5.41) is 0.385. The van der Waals surface area contributed by atoms with Crippen LogP contribution in [0, 0.1) is 0 Å². The molecule has 9 nitrogen and oxygen atoms in total. The summed E-state index contributed by atoms with van der Waals surface area (Å²) in [4.78, 5) is 34.4. The highest BCUT2D eigenvalue weighted by Gasteiger charge is 2.38. The number of nitrogens with two attached hydrogens (primary N) is 1. The molecule has 1 aromatic carbocycles. The number of nitrogens with one attached hydrogen (secondary N) is 1. The summed E-state index contributed by atoms with van der Waals surface area (Å²) in [6.45, 7) is 3.41. The third-order valence-corrected chi connectivity index (χ3v) is 5.08. The number of rotatable bonds is 6. The number of likely N-dealkylation sites (N-methyl/N-ethyl adjacent to an activating group) is 1. The molecule has 0 unspecified atom stereocenters. The summed E-state index contributed by atoms with van der Waals surface area (Å²) in [7, 11) is 3.02. The second-order valence-electron chi connectivity index (χ2n) is 6.82. The van der Waals surface area contributed by atoms with E-state index in [2.05, 4.69) is 9.97 Å². The van der Waals surface area contributed by atoms with Crippen molar-refractivity contribution in [2.45, 2.75) is 31.8 Å². The van der Waals surface area contributed by atoms with E-state index in [4.69, 9.17) is 19.9 Å². The lowest BCUT2D eigenvalue weighted by Gasteiger charge is -2.36. The normalized spacial score (nSPS) is 15.4. The number of hydrogen-bond acceptors (Lipinski definition) is 7. The van der Waals surface area contributed by atoms with E-state index in [0.717, 1.165) is 0 Å². The van der Waals surface area contributed by atoms with Crippen molar-refractivity contribution < 1.29 is 19.0 Å². The number of halogens is 1.